The highest BCUT2D eigenvalue weighted by atomic mass is 35.5. The molecular formula is C12H15ClN4. The van der Waals surface area contributed by atoms with Crippen LogP contribution < -0.4 is 0 Å². The first-order valence-corrected chi connectivity index (χ1v) is 6.44. The molecule has 3 rings (SSSR count). The van der Waals surface area contributed by atoms with Crippen molar-refractivity contribution < 1.29 is 0 Å². The third kappa shape index (κ3) is 1.62. The minimum Gasteiger partial charge on any atom is -0.279 e. The van der Waals surface area contributed by atoms with Crippen LogP contribution in [0.2, 0.25) is 5.15 Å². The molecule has 0 aromatic carbocycles. The van der Waals surface area contributed by atoms with E-state index in [0.29, 0.717) is 16.7 Å². The van der Waals surface area contributed by atoms with E-state index >= 15 is 0 Å². The van der Waals surface area contributed by atoms with Gasteiger partial charge >= 0.3 is 0 Å². The Morgan fingerprint density at radius 2 is 1.88 bits per heavy atom. The molecule has 0 aliphatic heterocycles. The van der Waals surface area contributed by atoms with E-state index in [1.165, 1.54) is 25.7 Å². The van der Waals surface area contributed by atoms with Gasteiger partial charge in [-0.15, -0.1) is 10.2 Å². The third-order valence-corrected chi connectivity index (χ3v) is 3.97. The zero-order chi connectivity index (χ0) is 12.0. The largest absolute Gasteiger partial charge is 0.279 e. The summed E-state index contributed by atoms with van der Waals surface area (Å²) < 4.78 is 2.08. The third-order valence-electron chi connectivity index (χ3n) is 3.72. The molecule has 1 saturated carbocycles. The van der Waals surface area contributed by atoms with Crippen LogP contribution in [0.5, 0.6) is 0 Å². The molecule has 1 aliphatic carbocycles. The predicted molar refractivity (Wildman–Crippen MR) is 66.5 cm³/mol. The lowest BCUT2D eigenvalue weighted by Gasteiger charge is -2.10. The summed E-state index contributed by atoms with van der Waals surface area (Å²) in [7, 11) is 0. The molecule has 0 saturated heterocycles. The molecule has 2 aromatic heterocycles. The summed E-state index contributed by atoms with van der Waals surface area (Å²) in [5.41, 5.74) is 2.73. The molecule has 2 aromatic rings. The van der Waals surface area contributed by atoms with Gasteiger partial charge in [-0.3, -0.25) is 4.40 Å². The molecule has 1 aliphatic rings. The molecular weight excluding hydrogens is 236 g/mol. The number of rotatable bonds is 1. The molecule has 0 unspecified atom stereocenters. The standard InChI is InChI=1S/C12H15ClN4/c1-7-8(2)17-11(9-5-3-4-6-9)15-16-12(17)10(13)14-7/h9H,3-6H2,1-2H3. The van der Waals surface area contributed by atoms with Gasteiger partial charge in [-0.25, -0.2) is 4.98 Å². The zero-order valence-electron chi connectivity index (χ0n) is 10.1. The molecule has 5 heteroatoms. The van der Waals surface area contributed by atoms with Crippen LogP contribution >= 0.6 is 11.6 Å². The van der Waals surface area contributed by atoms with Crippen LogP contribution in [0.4, 0.5) is 0 Å². The Balaban J connectivity index is 2.26. The van der Waals surface area contributed by atoms with Crippen molar-refractivity contribution in [3.63, 3.8) is 0 Å². The number of hydrogen-bond acceptors (Lipinski definition) is 3. The number of hydrogen-bond donors (Lipinski definition) is 0. The van der Waals surface area contributed by atoms with Gasteiger partial charge in [0.2, 0.25) is 0 Å². The summed E-state index contributed by atoms with van der Waals surface area (Å²) in [4.78, 5) is 4.28. The van der Waals surface area contributed by atoms with E-state index in [1.54, 1.807) is 0 Å². The Bertz CT molecular complexity index is 569. The lowest BCUT2D eigenvalue weighted by atomic mass is 10.1. The summed E-state index contributed by atoms with van der Waals surface area (Å²) in [5, 5.41) is 8.96. The Morgan fingerprint density at radius 3 is 2.59 bits per heavy atom. The Labute approximate surface area is 105 Å². The van der Waals surface area contributed by atoms with E-state index in [2.05, 4.69) is 19.6 Å². The molecule has 4 nitrogen and oxygen atoms in total. The van der Waals surface area contributed by atoms with Crippen molar-refractivity contribution in [3.8, 4) is 0 Å². The summed E-state index contributed by atoms with van der Waals surface area (Å²) in [5.74, 6) is 1.59. The van der Waals surface area contributed by atoms with Crippen LogP contribution in [-0.4, -0.2) is 19.6 Å². The maximum atomic E-state index is 6.12. The van der Waals surface area contributed by atoms with Crippen molar-refractivity contribution in [1.29, 1.82) is 0 Å². The van der Waals surface area contributed by atoms with Gasteiger partial charge in [-0.2, -0.15) is 0 Å². The molecule has 0 bridgehead atoms. The maximum absolute atomic E-state index is 6.12. The van der Waals surface area contributed by atoms with Crippen molar-refractivity contribution >= 4 is 17.2 Å². The molecule has 0 amide bonds. The van der Waals surface area contributed by atoms with Crippen LogP contribution in [0, 0.1) is 13.8 Å². The highest BCUT2D eigenvalue weighted by Gasteiger charge is 2.24. The maximum Gasteiger partial charge on any atom is 0.198 e. The smallest absolute Gasteiger partial charge is 0.198 e. The minimum atomic E-state index is 0.449. The highest BCUT2D eigenvalue weighted by Crippen LogP contribution is 2.34. The minimum absolute atomic E-state index is 0.449. The van der Waals surface area contributed by atoms with Gasteiger partial charge in [0.1, 0.15) is 5.82 Å². The van der Waals surface area contributed by atoms with Gasteiger partial charge in [0.15, 0.2) is 10.8 Å². The van der Waals surface area contributed by atoms with Gasteiger partial charge in [0, 0.05) is 11.6 Å². The first-order valence-electron chi connectivity index (χ1n) is 6.06. The van der Waals surface area contributed by atoms with E-state index in [9.17, 15) is 0 Å². The topological polar surface area (TPSA) is 43.1 Å². The monoisotopic (exact) mass is 250 g/mol. The first-order chi connectivity index (χ1) is 8.18. The van der Waals surface area contributed by atoms with E-state index in [-0.39, 0.29) is 0 Å². The van der Waals surface area contributed by atoms with Crippen LogP contribution in [0.25, 0.3) is 5.65 Å². The Hall–Kier alpha value is -1.16. The second kappa shape index (κ2) is 3.95. The molecule has 1 fully saturated rings. The number of fused-ring (bicyclic) bond motifs is 1. The second-order valence-corrected chi connectivity index (χ2v) is 5.13. The number of nitrogens with zero attached hydrogens (tertiary/aromatic N) is 4. The SMILES string of the molecule is Cc1nc(Cl)c2nnc(C3CCCC3)n2c1C. The number of halogens is 1. The van der Waals surface area contributed by atoms with Crippen molar-refractivity contribution in [1.82, 2.24) is 19.6 Å². The fourth-order valence-corrected chi connectivity index (χ4v) is 2.90. The molecule has 0 spiro atoms. The highest BCUT2D eigenvalue weighted by molar-refractivity contribution is 6.32. The second-order valence-electron chi connectivity index (χ2n) is 4.77. The lowest BCUT2D eigenvalue weighted by Crippen LogP contribution is -2.06. The number of aryl methyl sites for hydroxylation is 2. The molecule has 90 valence electrons. The Kier molecular flexibility index (Phi) is 2.54. The van der Waals surface area contributed by atoms with Crippen LogP contribution in [0.1, 0.15) is 48.8 Å². The summed E-state index contributed by atoms with van der Waals surface area (Å²) >= 11 is 6.12. The fraction of sp³-hybridized carbons (Fsp3) is 0.583. The van der Waals surface area contributed by atoms with E-state index in [0.717, 1.165) is 17.2 Å². The van der Waals surface area contributed by atoms with E-state index in [4.69, 9.17) is 11.6 Å². The summed E-state index contributed by atoms with van der Waals surface area (Å²) in [6.07, 6.45) is 4.99. The first kappa shape index (κ1) is 11.0. The van der Waals surface area contributed by atoms with Crippen molar-refractivity contribution in [2.45, 2.75) is 45.4 Å². The van der Waals surface area contributed by atoms with Crippen molar-refractivity contribution in [2.24, 2.45) is 0 Å². The molecule has 2 heterocycles. The number of aromatic nitrogens is 4. The van der Waals surface area contributed by atoms with Gasteiger partial charge in [-0.05, 0) is 26.7 Å². The molecule has 17 heavy (non-hydrogen) atoms. The normalized spacial score (nSPS) is 17.1. The average molecular weight is 251 g/mol. The average Bonchev–Trinajstić information content (AvgIpc) is 2.94. The quantitative estimate of drug-likeness (QED) is 0.781. The van der Waals surface area contributed by atoms with Crippen LogP contribution in [-0.2, 0) is 0 Å². The molecule has 0 radical (unpaired) electrons. The fourth-order valence-electron chi connectivity index (χ4n) is 2.65. The van der Waals surface area contributed by atoms with E-state index < -0.39 is 0 Å². The van der Waals surface area contributed by atoms with Crippen molar-refractivity contribution in [3.05, 3.63) is 22.4 Å². The van der Waals surface area contributed by atoms with Gasteiger partial charge in [-0.1, -0.05) is 24.4 Å². The van der Waals surface area contributed by atoms with E-state index in [1.807, 2.05) is 13.8 Å². The van der Waals surface area contributed by atoms with Gasteiger partial charge in [0.25, 0.3) is 0 Å². The van der Waals surface area contributed by atoms with Gasteiger partial charge < -0.3 is 0 Å². The predicted octanol–water partition coefficient (Wildman–Crippen LogP) is 3.05. The van der Waals surface area contributed by atoms with Crippen LogP contribution in [0.15, 0.2) is 0 Å². The Morgan fingerprint density at radius 1 is 1.18 bits per heavy atom. The van der Waals surface area contributed by atoms with Crippen molar-refractivity contribution in [2.75, 3.05) is 0 Å². The molecule has 0 N–H and O–H groups in total. The molecule has 0 atom stereocenters. The lowest BCUT2D eigenvalue weighted by molar-refractivity contribution is 0.653. The zero-order valence-corrected chi connectivity index (χ0v) is 10.8. The van der Waals surface area contributed by atoms with Gasteiger partial charge in [0.05, 0.1) is 5.69 Å². The summed E-state index contributed by atoms with van der Waals surface area (Å²) in [6, 6.07) is 0. The van der Waals surface area contributed by atoms with Crippen LogP contribution in [0.3, 0.4) is 0 Å². The summed E-state index contributed by atoms with van der Waals surface area (Å²) in [6.45, 7) is 4.02.